The van der Waals surface area contributed by atoms with Crippen LogP contribution < -0.4 is 4.74 Å². The molecule has 1 rings (SSSR count). The summed E-state index contributed by atoms with van der Waals surface area (Å²) in [5.74, 6) is 0.160. The molecule has 0 fully saturated rings. The molecule has 1 aromatic carbocycles. The first-order valence-corrected chi connectivity index (χ1v) is 4.12. The maximum atomic E-state index is 11.8. The van der Waals surface area contributed by atoms with Gasteiger partial charge in [-0.15, -0.1) is 0 Å². The van der Waals surface area contributed by atoms with Crippen LogP contribution in [0, 0.1) is 0 Å². The maximum Gasteiger partial charge on any atom is 0.387 e. The van der Waals surface area contributed by atoms with Gasteiger partial charge in [-0.3, -0.25) is 4.99 Å². The summed E-state index contributed by atoms with van der Waals surface area (Å²) in [6.07, 6.45) is 0. The van der Waals surface area contributed by atoms with Crippen molar-refractivity contribution in [2.24, 2.45) is 4.99 Å². The number of alkyl halides is 2. The van der Waals surface area contributed by atoms with Gasteiger partial charge in [0.05, 0.1) is 0 Å². The highest BCUT2D eigenvalue weighted by atomic mass is 19.3. The first-order chi connectivity index (χ1) is 6.63. The molecule has 0 atom stereocenters. The number of rotatable bonds is 3. The molecule has 0 spiro atoms. The standard InChI is InChI=1S/C10H11F2NO/c1-7(13-2)8-3-5-9(6-4-8)14-10(11)12/h3-6,10H,1-2H3. The zero-order valence-electron chi connectivity index (χ0n) is 8.00. The third kappa shape index (κ3) is 2.80. The third-order valence-electron chi connectivity index (χ3n) is 1.83. The monoisotopic (exact) mass is 199 g/mol. The normalized spacial score (nSPS) is 11.9. The van der Waals surface area contributed by atoms with Crippen molar-refractivity contribution < 1.29 is 13.5 Å². The van der Waals surface area contributed by atoms with Gasteiger partial charge >= 0.3 is 6.61 Å². The predicted octanol–water partition coefficient (Wildman–Crippen LogP) is 2.73. The van der Waals surface area contributed by atoms with E-state index in [4.69, 9.17) is 0 Å². The lowest BCUT2D eigenvalue weighted by Gasteiger charge is -2.05. The molecule has 0 aromatic heterocycles. The molecule has 0 saturated heterocycles. The van der Waals surface area contributed by atoms with Crippen LogP contribution in [0.5, 0.6) is 5.75 Å². The van der Waals surface area contributed by atoms with E-state index in [0.717, 1.165) is 11.3 Å². The van der Waals surface area contributed by atoms with Crippen molar-refractivity contribution in [2.75, 3.05) is 7.05 Å². The number of halogens is 2. The molecule has 14 heavy (non-hydrogen) atoms. The van der Waals surface area contributed by atoms with Crippen LogP contribution in [-0.4, -0.2) is 19.4 Å². The largest absolute Gasteiger partial charge is 0.435 e. The van der Waals surface area contributed by atoms with Crippen molar-refractivity contribution in [3.63, 3.8) is 0 Å². The molecule has 0 aliphatic rings. The van der Waals surface area contributed by atoms with E-state index < -0.39 is 6.61 Å². The van der Waals surface area contributed by atoms with E-state index in [9.17, 15) is 8.78 Å². The summed E-state index contributed by atoms with van der Waals surface area (Å²) >= 11 is 0. The third-order valence-corrected chi connectivity index (χ3v) is 1.83. The lowest BCUT2D eigenvalue weighted by atomic mass is 10.1. The summed E-state index contributed by atoms with van der Waals surface area (Å²) < 4.78 is 27.8. The Hall–Kier alpha value is -1.45. The fraction of sp³-hybridized carbons (Fsp3) is 0.300. The Balaban J connectivity index is 2.78. The smallest absolute Gasteiger partial charge is 0.387 e. The minimum atomic E-state index is -2.78. The van der Waals surface area contributed by atoms with Crippen molar-refractivity contribution in [3.05, 3.63) is 29.8 Å². The van der Waals surface area contributed by atoms with Crippen LogP contribution in [0.3, 0.4) is 0 Å². The van der Waals surface area contributed by atoms with Gasteiger partial charge in [0.2, 0.25) is 0 Å². The number of benzene rings is 1. The SMILES string of the molecule is CN=C(C)c1ccc(OC(F)F)cc1. The minimum Gasteiger partial charge on any atom is -0.435 e. The zero-order chi connectivity index (χ0) is 10.6. The predicted molar refractivity (Wildman–Crippen MR) is 51.2 cm³/mol. The second kappa shape index (κ2) is 4.69. The van der Waals surface area contributed by atoms with Crippen LogP contribution in [0.1, 0.15) is 12.5 Å². The highest BCUT2D eigenvalue weighted by molar-refractivity contribution is 5.98. The molecule has 76 valence electrons. The van der Waals surface area contributed by atoms with E-state index in [1.54, 1.807) is 19.2 Å². The van der Waals surface area contributed by atoms with Gasteiger partial charge in [0.15, 0.2) is 0 Å². The van der Waals surface area contributed by atoms with Crippen molar-refractivity contribution in [3.8, 4) is 5.75 Å². The molecule has 0 radical (unpaired) electrons. The molecule has 0 aliphatic heterocycles. The van der Waals surface area contributed by atoms with Gasteiger partial charge in [0, 0.05) is 12.8 Å². The van der Waals surface area contributed by atoms with E-state index in [2.05, 4.69) is 9.73 Å². The summed E-state index contributed by atoms with van der Waals surface area (Å²) in [6.45, 7) is -0.926. The summed E-state index contributed by atoms with van der Waals surface area (Å²) in [5.41, 5.74) is 1.75. The molecule has 1 aromatic rings. The highest BCUT2D eigenvalue weighted by Gasteiger charge is 2.03. The fourth-order valence-corrected chi connectivity index (χ4v) is 1.01. The fourth-order valence-electron chi connectivity index (χ4n) is 1.01. The van der Waals surface area contributed by atoms with Gasteiger partial charge in [0.25, 0.3) is 0 Å². The van der Waals surface area contributed by atoms with Gasteiger partial charge in [-0.2, -0.15) is 8.78 Å². The van der Waals surface area contributed by atoms with E-state index in [1.165, 1.54) is 12.1 Å². The lowest BCUT2D eigenvalue weighted by Crippen LogP contribution is -2.02. The molecule has 0 heterocycles. The molecule has 0 unspecified atom stereocenters. The van der Waals surface area contributed by atoms with E-state index >= 15 is 0 Å². The summed E-state index contributed by atoms with van der Waals surface area (Å²) in [5, 5.41) is 0. The Kier molecular flexibility index (Phi) is 3.56. The van der Waals surface area contributed by atoms with Crippen molar-refractivity contribution in [2.45, 2.75) is 13.5 Å². The van der Waals surface area contributed by atoms with Gasteiger partial charge in [0.1, 0.15) is 5.75 Å². The molecule has 0 N–H and O–H groups in total. The van der Waals surface area contributed by atoms with Gasteiger partial charge in [-0.05, 0) is 36.8 Å². The Morgan fingerprint density at radius 1 is 1.29 bits per heavy atom. The molecular weight excluding hydrogens is 188 g/mol. The number of hydrogen-bond donors (Lipinski definition) is 0. The molecule has 2 nitrogen and oxygen atoms in total. The van der Waals surface area contributed by atoms with Crippen molar-refractivity contribution >= 4 is 5.71 Å². The lowest BCUT2D eigenvalue weighted by molar-refractivity contribution is -0.0498. The van der Waals surface area contributed by atoms with E-state index in [0.29, 0.717) is 0 Å². The maximum absolute atomic E-state index is 11.8. The molecular formula is C10H11F2NO. The quantitative estimate of drug-likeness (QED) is 0.686. The van der Waals surface area contributed by atoms with Gasteiger partial charge in [-0.1, -0.05) is 0 Å². The highest BCUT2D eigenvalue weighted by Crippen LogP contribution is 2.15. The summed E-state index contributed by atoms with van der Waals surface area (Å²) in [4.78, 5) is 3.98. The summed E-state index contributed by atoms with van der Waals surface area (Å²) in [6, 6.07) is 6.38. The Labute approximate surface area is 81.2 Å². The average Bonchev–Trinajstić information content (AvgIpc) is 2.17. The average molecular weight is 199 g/mol. The second-order valence-electron chi connectivity index (χ2n) is 2.71. The number of aliphatic imine (C=N–C) groups is 1. The van der Waals surface area contributed by atoms with E-state index in [1.807, 2.05) is 6.92 Å². The zero-order valence-corrected chi connectivity index (χ0v) is 8.00. The Bertz CT molecular complexity index is 319. The van der Waals surface area contributed by atoms with Crippen LogP contribution in [0.2, 0.25) is 0 Å². The first-order valence-electron chi connectivity index (χ1n) is 4.12. The summed E-state index contributed by atoms with van der Waals surface area (Å²) in [7, 11) is 1.68. The van der Waals surface area contributed by atoms with Gasteiger partial charge in [-0.25, -0.2) is 0 Å². The van der Waals surface area contributed by atoms with Gasteiger partial charge < -0.3 is 4.74 Å². The molecule has 4 heteroatoms. The minimum absolute atomic E-state index is 0.160. The van der Waals surface area contributed by atoms with Crippen LogP contribution in [-0.2, 0) is 0 Å². The van der Waals surface area contributed by atoms with Crippen LogP contribution in [0.15, 0.2) is 29.3 Å². The number of hydrogen-bond acceptors (Lipinski definition) is 2. The molecule has 0 aliphatic carbocycles. The first kappa shape index (κ1) is 10.6. The van der Waals surface area contributed by atoms with E-state index in [-0.39, 0.29) is 5.75 Å². The second-order valence-corrected chi connectivity index (χ2v) is 2.71. The number of ether oxygens (including phenoxy) is 1. The Morgan fingerprint density at radius 2 is 1.86 bits per heavy atom. The molecule has 0 saturated carbocycles. The molecule has 0 amide bonds. The van der Waals surface area contributed by atoms with Crippen LogP contribution in [0.4, 0.5) is 8.78 Å². The number of nitrogens with zero attached hydrogens (tertiary/aromatic N) is 1. The van der Waals surface area contributed by atoms with Crippen LogP contribution in [0.25, 0.3) is 0 Å². The van der Waals surface area contributed by atoms with Crippen LogP contribution >= 0.6 is 0 Å². The Morgan fingerprint density at radius 3 is 2.29 bits per heavy atom. The topological polar surface area (TPSA) is 21.6 Å². The molecule has 0 bridgehead atoms. The van der Waals surface area contributed by atoms with Crippen molar-refractivity contribution in [1.82, 2.24) is 0 Å². The van der Waals surface area contributed by atoms with Crippen molar-refractivity contribution in [1.29, 1.82) is 0 Å².